The van der Waals surface area contributed by atoms with Gasteiger partial charge in [-0.1, -0.05) is 55.8 Å². The highest BCUT2D eigenvalue weighted by Crippen LogP contribution is 2.23. The number of hydrogen-bond donors (Lipinski definition) is 2. The normalized spacial score (nSPS) is 12.9. The monoisotopic (exact) mass is 313 g/mol. The number of halogens is 1. The van der Waals surface area contributed by atoms with Gasteiger partial charge < -0.3 is 10.3 Å². The van der Waals surface area contributed by atoms with Crippen LogP contribution in [0.3, 0.4) is 0 Å². The zero-order valence-electron chi connectivity index (χ0n) is 12.8. The lowest BCUT2D eigenvalue weighted by atomic mass is 10.0. The van der Waals surface area contributed by atoms with E-state index in [1.165, 1.54) is 0 Å². The van der Waals surface area contributed by atoms with Gasteiger partial charge in [0.25, 0.3) is 0 Å². The molecule has 2 aromatic carbocycles. The molecule has 0 aliphatic carbocycles. The minimum absolute atomic E-state index is 0.156. The highest BCUT2D eigenvalue weighted by Gasteiger charge is 2.19. The molecule has 0 saturated heterocycles. The molecule has 1 heterocycles. The number of nitrogens with zero attached hydrogens (tertiary/aromatic N) is 1. The quantitative estimate of drug-likeness (QED) is 0.716. The van der Waals surface area contributed by atoms with Crippen molar-refractivity contribution in [2.45, 2.75) is 26.4 Å². The molecule has 0 bridgehead atoms. The van der Waals surface area contributed by atoms with Crippen LogP contribution in [0.25, 0.3) is 11.0 Å². The number of fused-ring (bicyclic) bond motifs is 1. The van der Waals surface area contributed by atoms with Crippen molar-refractivity contribution in [1.82, 2.24) is 15.3 Å². The summed E-state index contributed by atoms with van der Waals surface area (Å²) in [5.74, 6) is 1.39. The molecule has 0 fully saturated rings. The van der Waals surface area contributed by atoms with E-state index in [2.05, 4.69) is 30.2 Å². The van der Waals surface area contributed by atoms with Gasteiger partial charge in [-0.05, 0) is 29.7 Å². The van der Waals surface area contributed by atoms with E-state index in [9.17, 15) is 0 Å². The average molecular weight is 314 g/mol. The Kier molecular flexibility index (Phi) is 4.46. The van der Waals surface area contributed by atoms with E-state index in [1.54, 1.807) is 0 Å². The van der Waals surface area contributed by atoms with Gasteiger partial charge in [0.2, 0.25) is 0 Å². The fourth-order valence-corrected chi connectivity index (χ4v) is 2.83. The highest BCUT2D eigenvalue weighted by atomic mass is 35.5. The molecule has 0 saturated carbocycles. The fraction of sp³-hybridized carbons (Fsp3) is 0.278. The summed E-state index contributed by atoms with van der Waals surface area (Å²) in [6.07, 6.45) is 0. The third-order valence-corrected chi connectivity index (χ3v) is 4.21. The Morgan fingerprint density at radius 2 is 1.82 bits per heavy atom. The van der Waals surface area contributed by atoms with Gasteiger partial charge in [-0.2, -0.15) is 0 Å². The van der Waals surface area contributed by atoms with Gasteiger partial charge in [0.05, 0.1) is 17.1 Å². The fourth-order valence-electron chi connectivity index (χ4n) is 2.63. The van der Waals surface area contributed by atoms with Crippen LogP contribution < -0.4 is 5.32 Å². The summed E-state index contributed by atoms with van der Waals surface area (Å²) in [4.78, 5) is 8.14. The topological polar surface area (TPSA) is 40.7 Å². The third kappa shape index (κ3) is 3.16. The summed E-state index contributed by atoms with van der Waals surface area (Å²) in [5.41, 5.74) is 3.18. The standard InChI is InChI=1S/C18H20ClN3/c1-12(2)17(20-11-13-7-3-4-8-14(13)19)18-21-15-9-5-6-10-16(15)22-18/h3-10,12,17,20H,11H2,1-2H3,(H,21,22). The van der Waals surface area contributed by atoms with Crippen LogP contribution in [0.4, 0.5) is 0 Å². The van der Waals surface area contributed by atoms with Crippen LogP contribution in [0.2, 0.25) is 5.02 Å². The molecule has 2 N–H and O–H groups in total. The summed E-state index contributed by atoms with van der Waals surface area (Å²) in [5, 5.41) is 4.37. The predicted octanol–water partition coefficient (Wildman–Crippen LogP) is 4.70. The van der Waals surface area contributed by atoms with Crippen molar-refractivity contribution in [1.29, 1.82) is 0 Å². The molecule has 1 unspecified atom stereocenters. The van der Waals surface area contributed by atoms with Gasteiger partial charge in [-0.3, -0.25) is 0 Å². The maximum Gasteiger partial charge on any atom is 0.124 e. The van der Waals surface area contributed by atoms with Crippen LogP contribution in [0.15, 0.2) is 48.5 Å². The van der Waals surface area contributed by atoms with Crippen molar-refractivity contribution in [2.75, 3.05) is 0 Å². The number of aromatic nitrogens is 2. The smallest absolute Gasteiger partial charge is 0.124 e. The number of nitrogens with one attached hydrogen (secondary N) is 2. The molecule has 0 amide bonds. The van der Waals surface area contributed by atoms with Gasteiger partial charge in [-0.25, -0.2) is 4.98 Å². The van der Waals surface area contributed by atoms with Gasteiger partial charge in [0.1, 0.15) is 5.82 Å². The van der Waals surface area contributed by atoms with Crippen LogP contribution >= 0.6 is 11.6 Å². The van der Waals surface area contributed by atoms with Crippen molar-refractivity contribution in [2.24, 2.45) is 5.92 Å². The number of para-hydroxylation sites is 2. The molecule has 0 aliphatic heterocycles. The first-order chi connectivity index (χ1) is 10.6. The Morgan fingerprint density at radius 1 is 1.09 bits per heavy atom. The lowest BCUT2D eigenvalue weighted by Crippen LogP contribution is -2.26. The highest BCUT2D eigenvalue weighted by molar-refractivity contribution is 6.31. The molecule has 3 aromatic rings. The molecule has 3 nitrogen and oxygen atoms in total. The van der Waals surface area contributed by atoms with Crippen molar-refractivity contribution >= 4 is 22.6 Å². The van der Waals surface area contributed by atoms with Gasteiger partial charge in [0.15, 0.2) is 0 Å². The molecule has 0 aliphatic rings. The number of imidazole rings is 1. The van der Waals surface area contributed by atoms with Crippen molar-refractivity contribution in [3.8, 4) is 0 Å². The minimum Gasteiger partial charge on any atom is -0.341 e. The number of benzene rings is 2. The summed E-state index contributed by atoms with van der Waals surface area (Å²) in [6, 6.07) is 16.2. The maximum atomic E-state index is 6.23. The van der Waals surface area contributed by atoms with E-state index >= 15 is 0 Å². The Hall–Kier alpha value is -1.84. The van der Waals surface area contributed by atoms with E-state index in [0.29, 0.717) is 5.92 Å². The lowest BCUT2D eigenvalue weighted by molar-refractivity contribution is 0.396. The number of aromatic amines is 1. The van der Waals surface area contributed by atoms with Gasteiger partial charge in [-0.15, -0.1) is 0 Å². The largest absolute Gasteiger partial charge is 0.341 e. The van der Waals surface area contributed by atoms with Crippen LogP contribution in [-0.4, -0.2) is 9.97 Å². The molecule has 22 heavy (non-hydrogen) atoms. The molecular weight excluding hydrogens is 294 g/mol. The second kappa shape index (κ2) is 6.51. The van der Waals surface area contributed by atoms with E-state index in [4.69, 9.17) is 16.6 Å². The van der Waals surface area contributed by atoms with E-state index in [0.717, 1.165) is 34.0 Å². The Morgan fingerprint density at radius 3 is 2.55 bits per heavy atom. The van der Waals surface area contributed by atoms with Crippen LogP contribution in [-0.2, 0) is 6.54 Å². The van der Waals surface area contributed by atoms with Crippen molar-refractivity contribution < 1.29 is 0 Å². The Bertz CT molecular complexity index is 731. The predicted molar refractivity (Wildman–Crippen MR) is 92.0 cm³/mol. The van der Waals surface area contributed by atoms with Crippen LogP contribution in [0, 0.1) is 5.92 Å². The maximum absolute atomic E-state index is 6.23. The SMILES string of the molecule is CC(C)C(NCc1ccccc1Cl)c1nc2ccccc2[nH]1. The molecule has 4 heteroatoms. The first-order valence-corrected chi connectivity index (χ1v) is 7.94. The van der Waals surface area contributed by atoms with E-state index in [-0.39, 0.29) is 6.04 Å². The number of rotatable bonds is 5. The number of hydrogen-bond acceptors (Lipinski definition) is 2. The van der Waals surface area contributed by atoms with Gasteiger partial charge in [0, 0.05) is 11.6 Å². The first-order valence-electron chi connectivity index (χ1n) is 7.56. The molecule has 1 atom stereocenters. The van der Waals surface area contributed by atoms with Crippen LogP contribution in [0.1, 0.15) is 31.3 Å². The summed E-state index contributed by atoms with van der Waals surface area (Å²) >= 11 is 6.23. The molecule has 114 valence electrons. The molecule has 3 rings (SSSR count). The Labute approximate surface area is 135 Å². The zero-order valence-corrected chi connectivity index (χ0v) is 13.6. The van der Waals surface area contributed by atoms with Crippen molar-refractivity contribution in [3.63, 3.8) is 0 Å². The summed E-state index contributed by atoms with van der Waals surface area (Å²) in [6.45, 7) is 5.11. The van der Waals surface area contributed by atoms with E-state index < -0.39 is 0 Å². The zero-order chi connectivity index (χ0) is 15.5. The first kappa shape index (κ1) is 15.1. The van der Waals surface area contributed by atoms with Crippen LogP contribution in [0.5, 0.6) is 0 Å². The summed E-state index contributed by atoms with van der Waals surface area (Å²) in [7, 11) is 0. The minimum atomic E-state index is 0.156. The molecule has 1 aromatic heterocycles. The molecule has 0 spiro atoms. The van der Waals surface area contributed by atoms with Gasteiger partial charge >= 0.3 is 0 Å². The molecular formula is C18H20ClN3. The number of H-pyrrole nitrogens is 1. The summed E-state index contributed by atoms with van der Waals surface area (Å²) < 4.78 is 0. The lowest BCUT2D eigenvalue weighted by Gasteiger charge is -2.20. The second-order valence-electron chi connectivity index (χ2n) is 5.83. The average Bonchev–Trinajstić information content (AvgIpc) is 2.92. The third-order valence-electron chi connectivity index (χ3n) is 3.84. The van der Waals surface area contributed by atoms with E-state index in [1.807, 2.05) is 42.5 Å². The molecule has 0 radical (unpaired) electrons. The Balaban J connectivity index is 1.82. The second-order valence-corrected chi connectivity index (χ2v) is 6.24. The van der Waals surface area contributed by atoms with Crippen molar-refractivity contribution in [3.05, 3.63) is 64.9 Å².